The van der Waals surface area contributed by atoms with E-state index in [2.05, 4.69) is 10.3 Å². The summed E-state index contributed by atoms with van der Waals surface area (Å²) < 4.78 is 0. The van der Waals surface area contributed by atoms with Crippen LogP contribution in [0.4, 0.5) is 0 Å². The van der Waals surface area contributed by atoms with Crippen molar-refractivity contribution in [2.24, 2.45) is 10.3 Å². The number of hydrogen-bond donors (Lipinski definition) is 2. The molecule has 2 fully saturated rings. The first-order valence-corrected chi connectivity index (χ1v) is 6.36. The minimum absolute atomic E-state index is 0. The molecule has 23 heavy (non-hydrogen) atoms. The van der Waals surface area contributed by atoms with Gasteiger partial charge < -0.3 is 41.1 Å². The Kier molecular flexibility index (Phi) is 20.3. The van der Waals surface area contributed by atoms with Crippen molar-refractivity contribution in [2.45, 2.75) is 51.4 Å². The number of hydrogen-bond acceptors (Lipinski definition) is 10. The zero-order chi connectivity index (χ0) is 17.4. The molecule has 0 heterocycles. The van der Waals surface area contributed by atoms with E-state index in [0.29, 0.717) is 0 Å². The number of nitrogens with zero attached hydrogens (tertiary/aromatic N) is 4. The van der Waals surface area contributed by atoms with Gasteiger partial charge in [0.1, 0.15) is 0 Å². The maximum atomic E-state index is 8.25. The topological polar surface area (TPSA) is 198 Å². The fourth-order valence-corrected chi connectivity index (χ4v) is 1.77. The molecule has 0 atom stereocenters. The Balaban J connectivity index is -0.000000238. The third-order valence-electron chi connectivity index (χ3n) is 2.64. The van der Waals surface area contributed by atoms with Crippen LogP contribution in [0.15, 0.2) is 10.3 Å². The van der Waals surface area contributed by atoms with Gasteiger partial charge >= 0.3 is 19.5 Å². The molecule has 0 aromatic heterocycles. The van der Waals surface area contributed by atoms with Gasteiger partial charge in [-0.25, -0.2) is 0 Å². The average Bonchev–Trinajstić information content (AvgIpc) is 3.11. The van der Waals surface area contributed by atoms with Crippen LogP contribution in [0, 0.1) is 30.6 Å². The van der Waals surface area contributed by atoms with Crippen LogP contribution in [-0.2, 0) is 19.5 Å². The number of oxime groups is 2. The normalized spacial score (nSPS) is 14.4. The Morgan fingerprint density at radius 1 is 0.696 bits per heavy atom. The van der Waals surface area contributed by atoms with E-state index < -0.39 is 10.2 Å². The molecule has 0 aliphatic heterocycles. The van der Waals surface area contributed by atoms with E-state index in [9.17, 15) is 0 Å². The molecule has 2 N–H and O–H groups in total. The van der Waals surface area contributed by atoms with Gasteiger partial charge in [-0.15, -0.1) is 0 Å². The molecule has 2 rings (SSSR count). The van der Waals surface area contributed by atoms with Crippen LogP contribution in [-0.4, -0.2) is 32.0 Å². The first-order chi connectivity index (χ1) is 10.3. The summed E-state index contributed by atoms with van der Waals surface area (Å²) in [5, 5.41) is 52.0. The second kappa shape index (κ2) is 18.0. The van der Waals surface area contributed by atoms with E-state index in [1.807, 2.05) is 0 Å². The van der Waals surface area contributed by atoms with Gasteiger partial charge in [-0.3, -0.25) is 0 Å². The maximum absolute atomic E-state index is 8.25. The van der Waals surface area contributed by atoms with Gasteiger partial charge in [-0.2, -0.15) is 0 Å². The second-order valence-corrected chi connectivity index (χ2v) is 4.19. The summed E-state index contributed by atoms with van der Waals surface area (Å²) in [5.74, 6) is 0. The van der Waals surface area contributed by atoms with E-state index in [-0.39, 0.29) is 19.5 Å². The van der Waals surface area contributed by atoms with E-state index >= 15 is 0 Å². The predicted octanol–water partition coefficient (Wildman–Crippen LogP) is 2.30. The summed E-state index contributed by atoms with van der Waals surface area (Å²) in [5.41, 5.74) is 1.94. The Morgan fingerprint density at radius 3 is 0.957 bits per heavy atom. The molecular weight excluding hydrogens is 370 g/mol. The molecule has 0 aromatic carbocycles. The Labute approximate surface area is 144 Å². The van der Waals surface area contributed by atoms with Crippen molar-refractivity contribution in [3.8, 4) is 0 Å². The molecule has 12 nitrogen and oxygen atoms in total. The van der Waals surface area contributed by atoms with Crippen LogP contribution in [0.3, 0.4) is 0 Å². The van der Waals surface area contributed by atoms with Gasteiger partial charge in [0, 0.05) is 0 Å². The minimum atomic E-state index is -1.75. The molecule has 2 aliphatic rings. The SMILES string of the molecule is O=[N+]([O-])[O-].O=[N+]([O-])[O-].ON=C1CCCC1.ON=C1CCCC1.[Zn+2]. The molecule has 2 saturated carbocycles. The molecule has 0 saturated heterocycles. The Hall–Kier alpha value is -2.04. The molecule has 0 aromatic rings. The zero-order valence-corrected chi connectivity index (χ0v) is 15.5. The predicted molar refractivity (Wildman–Crippen MR) is 76.1 cm³/mol. The molecule has 0 spiro atoms. The largest absolute Gasteiger partial charge is 2.00 e. The molecule has 0 amide bonds. The van der Waals surface area contributed by atoms with Crippen molar-refractivity contribution < 1.29 is 40.1 Å². The standard InChI is InChI=1S/2C5H9NO.2NO3.Zn/c2*7-6-5-3-1-2-4-5;2*2-1(3)4;/h2*7H,1-4H2;;;/q;;2*-1;+2. The summed E-state index contributed by atoms with van der Waals surface area (Å²) in [7, 11) is 0. The van der Waals surface area contributed by atoms with E-state index in [0.717, 1.165) is 37.1 Å². The third kappa shape index (κ3) is 25.3. The van der Waals surface area contributed by atoms with Gasteiger partial charge in [-0.05, 0) is 51.4 Å². The zero-order valence-electron chi connectivity index (χ0n) is 12.5. The van der Waals surface area contributed by atoms with Crippen LogP contribution >= 0.6 is 0 Å². The van der Waals surface area contributed by atoms with E-state index in [1.54, 1.807) is 0 Å². The van der Waals surface area contributed by atoms with Gasteiger partial charge in [-0.1, -0.05) is 10.3 Å². The molecule has 0 unspecified atom stereocenters. The first kappa shape index (κ1) is 25.9. The minimum Gasteiger partial charge on any atom is -0.411 e. The van der Waals surface area contributed by atoms with Crippen LogP contribution < -0.4 is 0 Å². The van der Waals surface area contributed by atoms with Gasteiger partial charge in [0.15, 0.2) is 0 Å². The van der Waals surface area contributed by atoms with Crippen molar-refractivity contribution in [3.05, 3.63) is 30.6 Å². The molecular formula is C10H18N4O8Zn. The Bertz CT molecular complexity index is 331. The molecule has 2 aliphatic carbocycles. The summed E-state index contributed by atoms with van der Waals surface area (Å²) in [6, 6.07) is 0. The summed E-state index contributed by atoms with van der Waals surface area (Å²) in [4.78, 5) is 16.5. The van der Waals surface area contributed by atoms with Crippen LogP contribution in [0.2, 0.25) is 0 Å². The average molecular weight is 388 g/mol. The third-order valence-corrected chi connectivity index (χ3v) is 2.64. The summed E-state index contributed by atoms with van der Waals surface area (Å²) in [6.07, 6.45) is 8.87. The monoisotopic (exact) mass is 386 g/mol. The summed E-state index contributed by atoms with van der Waals surface area (Å²) >= 11 is 0. The van der Waals surface area contributed by atoms with Crippen molar-refractivity contribution >= 4 is 11.4 Å². The van der Waals surface area contributed by atoms with Gasteiger partial charge in [0.05, 0.1) is 21.6 Å². The van der Waals surface area contributed by atoms with Crippen LogP contribution in [0.5, 0.6) is 0 Å². The second-order valence-electron chi connectivity index (χ2n) is 4.19. The molecule has 0 radical (unpaired) electrons. The molecule has 13 heteroatoms. The summed E-state index contributed by atoms with van der Waals surface area (Å²) in [6.45, 7) is 0. The fraction of sp³-hybridized carbons (Fsp3) is 0.800. The smallest absolute Gasteiger partial charge is 0.411 e. The molecule has 0 bridgehead atoms. The van der Waals surface area contributed by atoms with E-state index in [4.69, 9.17) is 41.1 Å². The van der Waals surface area contributed by atoms with Crippen molar-refractivity contribution in [1.29, 1.82) is 0 Å². The fourth-order valence-electron chi connectivity index (χ4n) is 1.77. The van der Waals surface area contributed by atoms with Crippen LogP contribution in [0.1, 0.15) is 51.4 Å². The van der Waals surface area contributed by atoms with Crippen LogP contribution in [0.25, 0.3) is 0 Å². The van der Waals surface area contributed by atoms with Gasteiger partial charge in [0.2, 0.25) is 0 Å². The van der Waals surface area contributed by atoms with E-state index in [1.165, 1.54) is 25.7 Å². The maximum Gasteiger partial charge on any atom is 2.00 e. The van der Waals surface area contributed by atoms with Gasteiger partial charge in [0.25, 0.3) is 0 Å². The quantitative estimate of drug-likeness (QED) is 0.273. The van der Waals surface area contributed by atoms with Crippen molar-refractivity contribution in [1.82, 2.24) is 0 Å². The Morgan fingerprint density at radius 2 is 0.870 bits per heavy atom. The number of rotatable bonds is 0. The van der Waals surface area contributed by atoms with Crippen molar-refractivity contribution in [3.63, 3.8) is 0 Å². The van der Waals surface area contributed by atoms with Crippen molar-refractivity contribution in [2.75, 3.05) is 0 Å². The molecule has 128 valence electrons. The first-order valence-electron chi connectivity index (χ1n) is 6.36.